The summed E-state index contributed by atoms with van der Waals surface area (Å²) in [5.41, 5.74) is 5.08. The third kappa shape index (κ3) is 4.00. The van der Waals surface area contributed by atoms with Crippen LogP contribution in [0, 0.1) is 20.8 Å². The highest BCUT2D eigenvalue weighted by molar-refractivity contribution is 6.31. The molecule has 0 unspecified atom stereocenters. The molecule has 6 heteroatoms. The number of nitrogens with one attached hydrogen (secondary N) is 2. The summed E-state index contributed by atoms with van der Waals surface area (Å²) < 4.78 is 0. The topological polar surface area (TPSA) is 66.9 Å². The Bertz CT molecular complexity index is 955. The largest absolute Gasteiger partial charge is 0.324 e. The maximum atomic E-state index is 12.4. The number of carbonyl (C=O) groups excluding carboxylic acids is 1. The molecule has 132 valence electrons. The minimum Gasteiger partial charge on any atom is -0.324 e. The normalized spacial score (nSPS) is 10.5. The number of anilines is 3. The Labute approximate surface area is 157 Å². The molecule has 26 heavy (non-hydrogen) atoms. The van der Waals surface area contributed by atoms with E-state index in [0.717, 1.165) is 16.8 Å². The van der Waals surface area contributed by atoms with Crippen molar-refractivity contribution in [3.63, 3.8) is 0 Å². The quantitative estimate of drug-likeness (QED) is 0.678. The first kappa shape index (κ1) is 17.9. The van der Waals surface area contributed by atoms with Crippen LogP contribution in [0.3, 0.4) is 0 Å². The van der Waals surface area contributed by atoms with Gasteiger partial charge in [0.2, 0.25) is 5.95 Å². The summed E-state index contributed by atoms with van der Waals surface area (Å²) in [6.07, 6.45) is 2.99. The molecule has 1 aromatic heterocycles. The second kappa shape index (κ2) is 7.54. The minimum atomic E-state index is -0.284. The molecule has 3 rings (SSSR count). The third-order valence-corrected chi connectivity index (χ3v) is 4.47. The van der Waals surface area contributed by atoms with Crippen molar-refractivity contribution < 1.29 is 4.79 Å². The molecule has 1 amide bonds. The second-order valence-electron chi connectivity index (χ2n) is 6.11. The monoisotopic (exact) mass is 366 g/mol. The van der Waals surface area contributed by atoms with E-state index >= 15 is 0 Å². The molecule has 5 nitrogen and oxygen atoms in total. The summed E-state index contributed by atoms with van der Waals surface area (Å²) in [7, 11) is 0. The lowest BCUT2D eigenvalue weighted by molar-refractivity contribution is 0.102. The van der Waals surface area contributed by atoms with E-state index in [1.54, 1.807) is 18.2 Å². The Hall–Kier alpha value is -2.92. The smallest absolute Gasteiger partial charge is 0.258 e. The van der Waals surface area contributed by atoms with Crippen LogP contribution < -0.4 is 10.6 Å². The molecular formula is C20H19ClN4O. The van der Waals surface area contributed by atoms with Gasteiger partial charge in [-0.25, -0.2) is 9.97 Å². The van der Waals surface area contributed by atoms with E-state index in [4.69, 9.17) is 11.6 Å². The molecule has 2 N–H and O–H groups in total. The van der Waals surface area contributed by atoms with Gasteiger partial charge in [-0.1, -0.05) is 35.4 Å². The van der Waals surface area contributed by atoms with Gasteiger partial charge in [0.15, 0.2) is 0 Å². The fraction of sp³-hybridized carbons (Fsp3) is 0.150. The molecule has 0 bridgehead atoms. The van der Waals surface area contributed by atoms with Gasteiger partial charge in [-0.3, -0.25) is 4.79 Å². The highest BCUT2D eigenvalue weighted by Crippen LogP contribution is 2.23. The Morgan fingerprint density at radius 3 is 2.42 bits per heavy atom. The number of halogens is 1. The third-order valence-electron chi connectivity index (χ3n) is 4.06. The Kier molecular flexibility index (Phi) is 5.19. The van der Waals surface area contributed by atoms with E-state index in [0.29, 0.717) is 22.2 Å². The van der Waals surface area contributed by atoms with Crippen LogP contribution in [0.25, 0.3) is 0 Å². The van der Waals surface area contributed by atoms with Gasteiger partial charge in [0.25, 0.3) is 5.91 Å². The van der Waals surface area contributed by atoms with Crippen LogP contribution in [-0.2, 0) is 0 Å². The van der Waals surface area contributed by atoms with Gasteiger partial charge in [0.05, 0.1) is 5.56 Å². The zero-order valence-electron chi connectivity index (χ0n) is 14.8. The Morgan fingerprint density at radius 1 is 1.00 bits per heavy atom. The molecule has 0 fully saturated rings. The van der Waals surface area contributed by atoms with E-state index in [1.807, 2.05) is 32.9 Å². The van der Waals surface area contributed by atoms with Crippen LogP contribution >= 0.6 is 11.6 Å². The Balaban J connectivity index is 1.72. The number of aryl methyl sites for hydroxylation is 2. The van der Waals surface area contributed by atoms with E-state index in [-0.39, 0.29) is 5.91 Å². The summed E-state index contributed by atoms with van der Waals surface area (Å²) in [5.74, 6) is 0.154. The molecule has 0 atom stereocenters. The molecule has 0 aliphatic carbocycles. The number of benzene rings is 2. The van der Waals surface area contributed by atoms with Crippen LogP contribution in [0.15, 0.2) is 48.8 Å². The number of hydrogen-bond acceptors (Lipinski definition) is 4. The number of rotatable bonds is 4. The lowest BCUT2D eigenvalue weighted by Gasteiger charge is -2.10. The maximum absolute atomic E-state index is 12.4. The van der Waals surface area contributed by atoms with Gasteiger partial charge in [0, 0.05) is 28.8 Å². The molecule has 0 radical (unpaired) electrons. The maximum Gasteiger partial charge on any atom is 0.258 e. The van der Waals surface area contributed by atoms with Crippen molar-refractivity contribution in [3.8, 4) is 0 Å². The molecule has 0 aliphatic rings. The van der Waals surface area contributed by atoms with Crippen LogP contribution in [-0.4, -0.2) is 15.9 Å². The zero-order chi connectivity index (χ0) is 18.7. The van der Waals surface area contributed by atoms with Gasteiger partial charge in [-0.15, -0.1) is 0 Å². The molecule has 1 heterocycles. The molecular weight excluding hydrogens is 348 g/mol. The van der Waals surface area contributed by atoms with Crippen LogP contribution in [0.1, 0.15) is 27.0 Å². The molecule has 0 saturated heterocycles. The van der Waals surface area contributed by atoms with Crippen molar-refractivity contribution in [3.05, 3.63) is 76.1 Å². The van der Waals surface area contributed by atoms with Gasteiger partial charge in [0.1, 0.15) is 0 Å². The van der Waals surface area contributed by atoms with Gasteiger partial charge < -0.3 is 10.6 Å². The van der Waals surface area contributed by atoms with Crippen LogP contribution in [0.4, 0.5) is 17.3 Å². The van der Waals surface area contributed by atoms with Gasteiger partial charge in [-0.05, 0) is 50.1 Å². The predicted molar refractivity (Wildman–Crippen MR) is 105 cm³/mol. The summed E-state index contributed by atoms with van der Waals surface area (Å²) >= 11 is 6.08. The first-order valence-corrected chi connectivity index (χ1v) is 8.54. The van der Waals surface area contributed by atoms with Gasteiger partial charge in [-0.2, -0.15) is 0 Å². The zero-order valence-corrected chi connectivity index (χ0v) is 15.6. The average Bonchev–Trinajstić information content (AvgIpc) is 2.62. The number of carbonyl (C=O) groups is 1. The van der Waals surface area contributed by atoms with Crippen molar-refractivity contribution in [2.75, 3.05) is 10.6 Å². The fourth-order valence-corrected chi connectivity index (χ4v) is 2.70. The summed E-state index contributed by atoms with van der Waals surface area (Å²) in [6, 6.07) is 11.5. The number of nitrogens with zero attached hydrogens (tertiary/aromatic N) is 2. The summed E-state index contributed by atoms with van der Waals surface area (Å²) in [6.45, 7) is 5.91. The molecule has 0 aliphatic heterocycles. The number of hydrogen-bond donors (Lipinski definition) is 2. The second-order valence-corrected chi connectivity index (χ2v) is 6.51. The lowest BCUT2D eigenvalue weighted by atomic mass is 10.1. The SMILES string of the molecule is Cc1ccc(Nc2ncc(C(=O)Nc3cccc(Cl)c3C)cn2)c(C)c1. The van der Waals surface area contributed by atoms with E-state index < -0.39 is 0 Å². The molecule has 2 aromatic carbocycles. The van der Waals surface area contributed by atoms with Gasteiger partial charge >= 0.3 is 0 Å². The molecule has 0 saturated carbocycles. The fourth-order valence-electron chi connectivity index (χ4n) is 2.52. The standard InChI is InChI=1S/C20H19ClN4O/c1-12-7-8-17(13(2)9-12)25-20-22-10-15(11-23-20)19(26)24-18-6-4-5-16(21)14(18)3/h4-11H,1-3H3,(H,24,26)(H,22,23,25). The van der Waals surface area contributed by atoms with E-state index in [9.17, 15) is 4.79 Å². The molecule has 0 spiro atoms. The predicted octanol–water partition coefficient (Wildman–Crippen LogP) is 5.05. The number of amides is 1. The highest BCUT2D eigenvalue weighted by Gasteiger charge is 2.11. The summed E-state index contributed by atoms with van der Waals surface area (Å²) in [4.78, 5) is 20.8. The van der Waals surface area contributed by atoms with Crippen molar-refractivity contribution in [1.82, 2.24) is 9.97 Å². The first-order valence-electron chi connectivity index (χ1n) is 8.17. The summed E-state index contributed by atoms with van der Waals surface area (Å²) in [5, 5.41) is 6.59. The van der Waals surface area contributed by atoms with E-state index in [1.165, 1.54) is 18.0 Å². The van der Waals surface area contributed by atoms with Crippen LogP contribution in [0.2, 0.25) is 5.02 Å². The first-order chi connectivity index (χ1) is 12.4. The van der Waals surface area contributed by atoms with Crippen molar-refractivity contribution in [1.29, 1.82) is 0 Å². The highest BCUT2D eigenvalue weighted by atomic mass is 35.5. The van der Waals surface area contributed by atoms with Crippen LogP contribution in [0.5, 0.6) is 0 Å². The lowest BCUT2D eigenvalue weighted by Crippen LogP contribution is -2.14. The average molecular weight is 367 g/mol. The molecule has 3 aromatic rings. The van der Waals surface area contributed by atoms with E-state index in [2.05, 4.69) is 26.7 Å². The van der Waals surface area contributed by atoms with Crippen molar-refractivity contribution in [2.45, 2.75) is 20.8 Å². The van der Waals surface area contributed by atoms with Crippen molar-refractivity contribution >= 4 is 34.8 Å². The Morgan fingerprint density at radius 2 is 1.73 bits per heavy atom. The minimum absolute atomic E-state index is 0.284. The number of aromatic nitrogens is 2. The van der Waals surface area contributed by atoms with Crippen molar-refractivity contribution in [2.24, 2.45) is 0 Å².